The van der Waals surface area contributed by atoms with Crippen LogP contribution in [0.4, 0.5) is 11.4 Å². The van der Waals surface area contributed by atoms with E-state index in [0.29, 0.717) is 10.1 Å². The molecule has 14 heavy (non-hydrogen) atoms. The molecule has 0 fully saturated rings. The second kappa shape index (κ2) is 4.32. The van der Waals surface area contributed by atoms with Crippen LogP contribution in [0.15, 0.2) is 23.1 Å². The molecule has 4 nitrogen and oxygen atoms in total. The number of nitro benzene ring substituents is 1. The molecule has 0 aromatic heterocycles. The van der Waals surface area contributed by atoms with E-state index >= 15 is 0 Å². The first-order valence-electron chi connectivity index (χ1n) is 4.22. The van der Waals surface area contributed by atoms with E-state index < -0.39 is 4.92 Å². The molecule has 0 spiro atoms. The van der Waals surface area contributed by atoms with Crippen LogP contribution >= 0.6 is 11.8 Å². The Labute approximate surface area is 86.6 Å². The van der Waals surface area contributed by atoms with Crippen molar-refractivity contribution in [3.05, 3.63) is 28.3 Å². The zero-order valence-corrected chi connectivity index (χ0v) is 8.88. The van der Waals surface area contributed by atoms with Crippen molar-refractivity contribution in [3.8, 4) is 0 Å². The van der Waals surface area contributed by atoms with Crippen LogP contribution in [0.25, 0.3) is 0 Å². The summed E-state index contributed by atoms with van der Waals surface area (Å²) >= 11 is 1.45. The Morgan fingerprint density at radius 1 is 1.50 bits per heavy atom. The maximum Gasteiger partial charge on any atom is 0.305 e. The van der Waals surface area contributed by atoms with Crippen LogP contribution in [-0.4, -0.2) is 10.2 Å². The molecule has 0 heterocycles. The number of rotatable bonds is 3. The van der Waals surface area contributed by atoms with Crippen molar-refractivity contribution >= 4 is 23.1 Å². The summed E-state index contributed by atoms with van der Waals surface area (Å²) in [5.41, 5.74) is 5.79. The fraction of sp³-hybridized carbons (Fsp3) is 0.333. The van der Waals surface area contributed by atoms with Gasteiger partial charge in [-0.25, -0.2) is 0 Å². The highest BCUT2D eigenvalue weighted by atomic mass is 32.2. The molecule has 5 heteroatoms. The number of hydrogen-bond acceptors (Lipinski definition) is 4. The van der Waals surface area contributed by atoms with Crippen molar-refractivity contribution in [2.75, 3.05) is 5.73 Å². The first-order valence-corrected chi connectivity index (χ1v) is 5.10. The summed E-state index contributed by atoms with van der Waals surface area (Å²) in [4.78, 5) is 10.9. The monoisotopic (exact) mass is 212 g/mol. The van der Waals surface area contributed by atoms with Gasteiger partial charge in [-0.2, -0.15) is 0 Å². The van der Waals surface area contributed by atoms with E-state index in [1.54, 1.807) is 18.2 Å². The van der Waals surface area contributed by atoms with E-state index in [0.717, 1.165) is 0 Å². The summed E-state index contributed by atoms with van der Waals surface area (Å²) in [7, 11) is 0. The molecule has 1 aromatic rings. The molecule has 0 aliphatic rings. The molecular formula is C9H12N2O2S. The van der Waals surface area contributed by atoms with Crippen LogP contribution in [0.2, 0.25) is 0 Å². The van der Waals surface area contributed by atoms with Crippen molar-refractivity contribution in [3.63, 3.8) is 0 Å². The van der Waals surface area contributed by atoms with Gasteiger partial charge >= 0.3 is 5.69 Å². The summed E-state index contributed by atoms with van der Waals surface area (Å²) in [5.74, 6) is 0. The molecule has 0 aliphatic carbocycles. The number of anilines is 1. The summed E-state index contributed by atoms with van der Waals surface area (Å²) in [6.45, 7) is 3.97. The van der Waals surface area contributed by atoms with Gasteiger partial charge in [-0.3, -0.25) is 10.1 Å². The third-order valence-electron chi connectivity index (χ3n) is 1.58. The lowest BCUT2D eigenvalue weighted by Crippen LogP contribution is -1.98. The fourth-order valence-corrected chi connectivity index (χ4v) is 2.05. The van der Waals surface area contributed by atoms with Gasteiger partial charge in [0.15, 0.2) is 0 Å². The third kappa shape index (κ3) is 2.38. The van der Waals surface area contributed by atoms with Gasteiger partial charge in [0.2, 0.25) is 0 Å². The van der Waals surface area contributed by atoms with E-state index in [9.17, 15) is 10.1 Å². The van der Waals surface area contributed by atoms with Gasteiger partial charge in [-0.15, -0.1) is 11.8 Å². The van der Waals surface area contributed by atoms with Gasteiger partial charge in [-0.1, -0.05) is 19.9 Å². The zero-order chi connectivity index (χ0) is 10.7. The Bertz CT molecular complexity index is 353. The molecule has 0 aliphatic heterocycles. The smallest absolute Gasteiger partial charge is 0.305 e. The molecular weight excluding hydrogens is 200 g/mol. The molecule has 0 unspecified atom stereocenters. The van der Waals surface area contributed by atoms with E-state index in [4.69, 9.17) is 5.73 Å². The molecule has 2 N–H and O–H groups in total. The normalized spacial score (nSPS) is 10.5. The Balaban J connectivity index is 3.14. The lowest BCUT2D eigenvalue weighted by Gasteiger charge is -2.06. The van der Waals surface area contributed by atoms with Crippen molar-refractivity contribution in [1.29, 1.82) is 0 Å². The Morgan fingerprint density at radius 2 is 2.14 bits per heavy atom. The topological polar surface area (TPSA) is 69.2 Å². The Morgan fingerprint density at radius 3 is 2.64 bits per heavy atom. The predicted molar refractivity (Wildman–Crippen MR) is 58.5 cm³/mol. The zero-order valence-electron chi connectivity index (χ0n) is 8.06. The average Bonchev–Trinajstić information content (AvgIpc) is 2.01. The Kier molecular flexibility index (Phi) is 3.35. The lowest BCUT2D eigenvalue weighted by atomic mass is 10.3. The average molecular weight is 212 g/mol. The lowest BCUT2D eigenvalue weighted by molar-refractivity contribution is -0.386. The number of thioether (sulfide) groups is 1. The highest BCUT2D eigenvalue weighted by Crippen LogP contribution is 2.35. The first-order chi connectivity index (χ1) is 6.52. The van der Waals surface area contributed by atoms with Crippen molar-refractivity contribution in [2.45, 2.75) is 24.0 Å². The highest BCUT2D eigenvalue weighted by molar-refractivity contribution is 8.00. The summed E-state index contributed by atoms with van der Waals surface area (Å²) in [5, 5.41) is 11.0. The van der Waals surface area contributed by atoms with Crippen LogP contribution in [0, 0.1) is 10.1 Å². The number of nitrogen functional groups attached to an aromatic ring is 1. The van der Waals surface area contributed by atoms with Crippen LogP contribution in [-0.2, 0) is 0 Å². The minimum Gasteiger partial charge on any atom is -0.393 e. The van der Waals surface area contributed by atoms with E-state index in [1.807, 2.05) is 13.8 Å². The fourth-order valence-electron chi connectivity index (χ4n) is 1.08. The van der Waals surface area contributed by atoms with Crippen LogP contribution < -0.4 is 5.73 Å². The second-order valence-corrected chi connectivity index (χ2v) is 4.74. The van der Waals surface area contributed by atoms with Gasteiger partial charge < -0.3 is 5.73 Å². The summed E-state index contributed by atoms with van der Waals surface area (Å²) in [6.07, 6.45) is 0. The number of nitro groups is 1. The molecule has 0 saturated carbocycles. The number of hydrogen-bond donors (Lipinski definition) is 1. The molecule has 0 atom stereocenters. The van der Waals surface area contributed by atoms with Gasteiger partial charge in [-0.05, 0) is 12.1 Å². The Hall–Kier alpha value is -1.23. The minimum absolute atomic E-state index is 0.0196. The van der Waals surface area contributed by atoms with Crippen LogP contribution in [0.1, 0.15) is 13.8 Å². The molecule has 1 rings (SSSR count). The largest absolute Gasteiger partial charge is 0.393 e. The van der Waals surface area contributed by atoms with Gasteiger partial charge in [0, 0.05) is 5.25 Å². The molecule has 1 aromatic carbocycles. The number of nitrogens with zero attached hydrogens (tertiary/aromatic N) is 1. The predicted octanol–water partition coefficient (Wildman–Crippen LogP) is 2.68. The van der Waals surface area contributed by atoms with Crippen LogP contribution in [0.5, 0.6) is 0 Å². The maximum atomic E-state index is 10.7. The summed E-state index contributed by atoms with van der Waals surface area (Å²) < 4.78 is 0. The second-order valence-electron chi connectivity index (χ2n) is 3.12. The third-order valence-corrected chi connectivity index (χ3v) is 2.63. The van der Waals surface area contributed by atoms with Crippen molar-refractivity contribution in [2.24, 2.45) is 0 Å². The van der Waals surface area contributed by atoms with E-state index in [1.165, 1.54) is 11.8 Å². The molecule has 0 amide bonds. The number of nitrogens with two attached hydrogens (primary N) is 1. The molecule has 0 saturated heterocycles. The van der Waals surface area contributed by atoms with Crippen molar-refractivity contribution < 1.29 is 4.92 Å². The van der Waals surface area contributed by atoms with E-state index in [2.05, 4.69) is 0 Å². The van der Waals surface area contributed by atoms with Crippen LogP contribution in [0.3, 0.4) is 0 Å². The summed E-state index contributed by atoms with van der Waals surface area (Å²) in [6, 6.07) is 4.99. The van der Waals surface area contributed by atoms with Gasteiger partial charge in [0.05, 0.1) is 9.82 Å². The number of benzene rings is 1. The first kappa shape index (κ1) is 10.8. The van der Waals surface area contributed by atoms with Crippen molar-refractivity contribution in [1.82, 2.24) is 0 Å². The van der Waals surface area contributed by atoms with Gasteiger partial charge in [0.1, 0.15) is 5.69 Å². The standard InChI is InChI=1S/C9H12N2O2S/c1-6(2)14-8-5-3-4-7(10)9(8)11(12)13/h3-6H,10H2,1-2H3. The number of para-hydroxylation sites is 1. The van der Waals surface area contributed by atoms with E-state index in [-0.39, 0.29) is 11.4 Å². The van der Waals surface area contributed by atoms with Gasteiger partial charge in [0.25, 0.3) is 0 Å². The molecule has 0 bridgehead atoms. The molecule has 76 valence electrons. The SMILES string of the molecule is CC(C)Sc1cccc(N)c1[N+](=O)[O-]. The molecule has 0 radical (unpaired) electrons. The maximum absolute atomic E-state index is 10.7. The highest BCUT2D eigenvalue weighted by Gasteiger charge is 2.18. The quantitative estimate of drug-likeness (QED) is 0.362. The minimum atomic E-state index is -0.431.